The van der Waals surface area contributed by atoms with Gasteiger partial charge in [-0.25, -0.2) is 14.4 Å². The summed E-state index contributed by atoms with van der Waals surface area (Å²) in [4.78, 5) is 34.8. The summed E-state index contributed by atoms with van der Waals surface area (Å²) in [5.41, 5.74) is 0.901. The van der Waals surface area contributed by atoms with Gasteiger partial charge in [0.25, 0.3) is 5.91 Å². The number of nitrogens with one attached hydrogen (secondary N) is 1. The van der Waals surface area contributed by atoms with Crippen LogP contribution in [0.2, 0.25) is 0 Å². The van der Waals surface area contributed by atoms with Crippen LogP contribution in [0.5, 0.6) is 0 Å². The highest BCUT2D eigenvalue weighted by Gasteiger charge is 2.22. The minimum Gasteiger partial charge on any atom is -0.368 e. The van der Waals surface area contributed by atoms with Gasteiger partial charge in [0.15, 0.2) is 0 Å². The van der Waals surface area contributed by atoms with Crippen molar-refractivity contribution in [2.24, 2.45) is 0 Å². The van der Waals surface area contributed by atoms with Crippen molar-refractivity contribution in [1.82, 2.24) is 19.8 Å². The minimum absolute atomic E-state index is 0.194. The number of benzene rings is 1. The van der Waals surface area contributed by atoms with Crippen molar-refractivity contribution in [2.75, 3.05) is 38.0 Å². The molecule has 1 aromatic heterocycles. The van der Waals surface area contributed by atoms with Gasteiger partial charge in [0, 0.05) is 32.7 Å². The van der Waals surface area contributed by atoms with E-state index in [1.807, 2.05) is 0 Å². The van der Waals surface area contributed by atoms with E-state index in [0.717, 1.165) is 6.41 Å². The van der Waals surface area contributed by atoms with Crippen LogP contribution in [0.25, 0.3) is 0 Å². The third kappa shape index (κ3) is 4.33. The first-order chi connectivity index (χ1) is 12.7. The van der Waals surface area contributed by atoms with E-state index in [1.54, 1.807) is 28.0 Å². The number of rotatable bonds is 6. The zero-order valence-corrected chi connectivity index (χ0v) is 14.3. The van der Waals surface area contributed by atoms with Crippen LogP contribution in [0.4, 0.5) is 10.2 Å². The number of carbonyl (C=O) groups is 2. The SMILES string of the molecule is O=CN1CCN(C(=O)c2cnc(NCCc3ccccc3F)cn2)CC1. The molecule has 1 N–H and O–H groups in total. The van der Waals surface area contributed by atoms with Crippen LogP contribution in [0.15, 0.2) is 36.7 Å². The Balaban J connectivity index is 1.51. The van der Waals surface area contributed by atoms with Crippen molar-refractivity contribution in [3.05, 3.63) is 53.7 Å². The van der Waals surface area contributed by atoms with Crippen LogP contribution in [0.1, 0.15) is 16.1 Å². The molecule has 1 aliphatic heterocycles. The van der Waals surface area contributed by atoms with Crippen molar-refractivity contribution in [1.29, 1.82) is 0 Å². The summed E-state index contributed by atoms with van der Waals surface area (Å²) in [6, 6.07) is 6.64. The molecule has 1 aromatic carbocycles. The van der Waals surface area contributed by atoms with Crippen LogP contribution in [-0.4, -0.2) is 64.8 Å². The topological polar surface area (TPSA) is 78.4 Å². The molecule has 0 atom stereocenters. The first-order valence-electron chi connectivity index (χ1n) is 8.45. The Morgan fingerprint density at radius 2 is 1.92 bits per heavy atom. The maximum atomic E-state index is 13.6. The van der Waals surface area contributed by atoms with E-state index in [-0.39, 0.29) is 17.4 Å². The fourth-order valence-electron chi connectivity index (χ4n) is 2.75. The number of hydrogen-bond acceptors (Lipinski definition) is 5. The second-order valence-electron chi connectivity index (χ2n) is 5.99. The maximum absolute atomic E-state index is 13.6. The van der Waals surface area contributed by atoms with Crippen LogP contribution < -0.4 is 5.32 Å². The Morgan fingerprint density at radius 1 is 1.15 bits per heavy atom. The van der Waals surface area contributed by atoms with Gasteiger partial charge < -0.3 is 15.1 Å². The van der Waals surface area contributed by atoms with Crippen LogP contribution in [0, 0.1) is 5.82 Å². The number of hydrogen-bond donors (Lipinski definition) is 1. The van der Waals surface area contributed by atoms with Crippen LogP contribution in [-0.2, 0) is 11.2 Å². The Bertz CT molecular complexity index is 760. The highest BCUT2D eigenvalue weighted by atomic mass is 19.1. The van der Waals surface area contributed by atoms with Gasteiger partial charge in [0.1, 0.15) is 17.3 Å². The first-order valence-corrected chi connectivity index (χ1v) is 8.45. The monoisotopic (exact) mass is 357 g/mol. The van der Waals surface area contributed by atoms with Crippen LogP contribution >= 0.6 is 0 Å². The fraction of sp³-hybridized carbons (Fsp3) is 0.333. The minimum atomic E-state index is -0.226. The second kappa shape index (κ2) is 8.37. The lowest BCUT2D eigenvalue weighted by molar-refractivity contribution is -0.119. The Labute approximate surface area is 150 Å². The molecule has 7 nitrogen and oxygen atoms in total. The number of nitrogens with zero attached hydrogens (tertiary/aromatic N) is 4. The van der Waals surface area contributed by atoms with Crippen molar-refractivity contribution in [3.63, 3.8) is 0 Å². The molecule has 0 unspecified atom stereocenters. The molecular formula is C18H20FN5O2. The molecule has 1 aliphatic rings. The summed E-state index contributed by atoms with van der Waals surface area (Å²) in [6.45, 7) is 2.54. The molecule has 136 valence electrons. The predicted molar refractivity (Wildman–Crippen MR) is 94.2 cm³/mol. The quantitative estimate of drug-likeness (QED) is 0.786. The number of aromatic nitrogens is 2. The molecule has 26 heavy (non-hydrogen) atoms. The van der Waals surface area contributed by atoms with Gasteiger partial charge in [-0.3, -0.25) is 9.59 Å². The highest BCUT2D eigenvalue weighted by molar-refractivity contribution is 5.92. The fourth-order valence-corrected chi connectivity index (χ4v) is 2.75. The van der Waals surface area contributed by atoms with Crippen molar-refractivity contribution in [2.45, 2.75) is 6.42 Å². The van der Waals surface area contributed by atoms with E-state index < -0.39 is 0 Å². The smallest absolute Gasteiger partial charge is 0.274 e. The Hall–Kier alpha value is -3.03. The maximum Gasteiger partial charge on any atom is 0.274 e. The number of halogens is 1. The lowest BCUT2D eigenvalue weighted by atomic mass is 10.1. The summed E-state index contributed by atoms with van der Waals surface area (Å²) in [6.07, 6.45) is 4.25. The van der Waals surface area contributed by atoms with E-state index in [9.17, 15) is 14.0 Å². The lowest BCUT2D eigenvalue weighted by Crippen LogP contribution is -2.48. The van der Waals surface area contributed by atoms with E-state index in [2.05, 4.69) is 15.3 Å². The summed E-state index contributed by atoms with van der Waals surface area (Å²) < 4.78 is 13.6. The molecule has 3 rings (SSSR count). The van der Waals surface area contributed by atoms with Gasteiger partial charge in [-0.1, -0.05) is 18.2 Å². The van der Waals surface area contributed by atoms with Crippen molar-refractivity contribution >= 4 is 18.1 Å². The van der Waals surface area contributed by atoms with Gasteiger partial charge in [0.2, 0.25) is 6.41 Å². The van der Waals surface area contributed by atoms with Gasteiger partial charge in [0.05, 0.1) is 12.4 Å². The van der Waals surface area contributed by atoms with E-state index >= 15 is 0 Å². The predicted octanol–water partition coefficient (Wildman–Crippen LogP) is 1.18. The zero-order chi connectivity index (χ0) is 18.4. The average Bonchev–Trinajstić information content (AvgIpc) is 2.69. The largest absolute Gasteiger partial charge is 0.368 e. The van der Waals surface area contributed by atoms with Crippen molar-refractivity contribution in [3.8, 4) is 0 Å². The Kier molecular flexibility index (Phi) is 5.73. The molecule has 0 bridgehead atoms. The molecule has 0 saturated carbocycles. The third-order valence-corrected chi connectivity index (χ3v) is 4.28. The first kappa shape index (κ1) is 17.8. The van der Waals surface area contributed by atoms with Gasteiger partial charge in [-0.15, -0.1) is 0 Å². The zero-order valence-electron chi connectivity index (χ0n) is 14.3. The lowest BCUT2D eigenvalue weighted by Gasteiger charge is -2.32. The molecule has 2 heterocycles. The van der Waals surface area contributed by atoms with Gasteiger partial charge in [-0.05, 0) is 18.1 Å². The molecule has 0 aliphatic carbocycles. The molecule has 2 aromatic rings. The number of piperazine rings is 1. The summed E-state index contributed by atoms with van der Waals surface area (Å²) in [5.74, 6) is 0.112. The molecular weight excluding hydrogens is 337 g/mol. The third-order valence-electron chi connectivity index (χ3n) is 4.28. The van der Waals surface area contributed by atoms with E-state index in [0.29, 0.717) is 50.5 Å². The average molecular weight is 357 g/mol. The molecule has 0 radical (unpaired) electrons. The number of anilines is 1. The second-order valence-corrected chi connectivity index (χ2v) is 5.99. The van der Waals surface area contributed by atoms with Gasteiger partial charge >= 0.3 is 0 Å². The van der Waals surface area contributed by atoms with E-state index in [4.69, 9.17) is 0 Å². The molecule has 1 saturated heterocycles. The normalized spacial score (nSPS) is 14.2. The van der Waals surface area contributed by atoms with Crippen LogP contribution in [0.3, 0.4) is 0 Å². The standard InChI is InChI=1S/C18H20FN5O2/c19-15-4-2-1-3-14(15)5-6-20-17-12-21-16(11-22-17)18(26)24-9-7-23(13-25)8-10-24/h1-4,11-13H,5-10H2,(H,20,22). The summed E-state index contributed by atoms with van der Waals surface area (Å²) in [7, 11) is 0. The van der Waals surface area contributed by atoms with Gasteiger partial charge in [-0.2, -0.15) is 0 Å². The summed E-state index contributed by atoms with van der Waals surface area (Å²) >= 11 is 0. The molecule has 8 heteroatoms. The molecule has 0 spiro atoms. The molecule has 2 amide bonds. The highest BCUT2D eigenvalue weighted by Crippen LogP contribution is 2.09. The number of carbonyl (C=O) groups excluding carboxylic acids is 2. The summed E-state index contributed by atoms with van der Waals surface area (Å²) in [5, 5.41) is 3.07. The molecule has 1 fully saturated rings. The Morgan fingerprint density at radius 3 is 2.58 bits per heavy atom. The van der Waals surface area contributed by atoms with Crippen molar-refractivity contribution < 1.29 is 14.0 Å². The van der Waals surface area contributed by atoms with E-state index in [1.165, 1.54) is 18.5 Å². The number of amides is 2.